The molecule has 1 radical (unpaired) electrons. The highest BCUT2D eigenvalue weighted by molar-refractivity contribution is 4.53. The van der Waals surface area contributed by atoms with Gasteiger partial charge in [0.1, 0.15) is 0 Å². The van der Waals surface area contributed by atoms with E-state index >= 15 is 0 Å². The van der Waals surface area contributed by atoms with E-state index in [0.717, 1.165) is 0 Å². The fraction of sp³-hybridized carbons (Fsp3) is 0. The van der Waals surface area contributed by atoms with Crippen molar-refractivity contribution in [3.05, 3.63) is 22.6 Å². The Bertz CT molecular complexity index is 77.5. The van der Waals surface area contributed by atoms with E-state index in [0.29, 0.717) is 0 Å². The molecule has 0 aliphatic rings. The Morgan fingerprint density at radius 3 is 2.17 bits per heavy atom. The third-order valence-corrected chi connectivity index (χ3v) is 0.174. The van der Waals surface area contributed by atoms with Crippen LogP contribution >= 0.6 is 0 Å². The predicted molar refractivity (Wildman–Crippen MR) is 15.9 cm³/mol. The van der Waals surface area contributed by atoms with Gasteiger partial charge in [0, 0.05) is 0 Å². The molecule has 0 atom stereocenters. The van der Waals surface area contributed by atoms with Gasteiger partial charge in [0.2, 0.25) is 0 Å². The lowest BCUT2D eigenvalue weighted by molar-refractivity contribution is -0.447. The first kappa shape index (κ1) is 5.07. The van der Waals surface area contributed by atoms with E-state index in [4.69, 9.17) is 10.1 Å². The van der Waals surface area contributed by atoms with Gasteiger partial charge in [0.15, 0.2) is 0 Å². The minimum absolute atomic E-state index is 1.31. The average Bonchev–Trinajstić information content (AvgIpc) is 1.36. The zero-order valence-corrected chi connectivity index (χ0v) is 2.72. The Balaban J connectivity index is 3.57. The molecule has 0 aliphatic carbocycles. The van der Waals surface area contributed by atoms with Gasteiger partial charge < -0.3 is 0 Å². The number of rotatable bonds is 1. The summed E-state index contributed by atoms with van der Waals surface area (Å²) in [5, 5.41) is 8.97. The summed E-state index contributed by atoms with van der Waals surface area (Å²) in [4.78, 5) is 7.66. The van der Waals surface area contributed by atoms with E-state index in [-0.39, 0.29) is 0 Å². The van der Waals surface area contributed by atoms with E-state index in [1.54, 1.807) is 0 Å². The van der Waals surface area contributed by atoms with Gasteiger partial charge in [-0.25, -0.2) is 0 Å². The topological polar surface area (TPSA) is 43.1 Å². The first-order valence-electron chi connectivity index (χ1n) is 1.07. The van der Waals surface area contributed by atoms with Crippen LogP contribution in [0, 0.1) is 16.7 Å². The van der Waals surface area contributed by atoms with Crippen LogP contribution in [0.3, 0.4) is 0 Å². The number of nitro groups is 1. The summed E-state index contributed by atoms with van der Waals surface area (Å²) in [5.41, 5.74) is 0. The van der Waals surface area contributed by atoms with Gasteiger partial charge in [-0.15, -0.1) is 4.39 Å². The second kappa shape index (κ2) is 1.49. The van der Waals surface area contributed by atoms with Crippen LogP contribution in [0.1, 0.15) is 0 Å². The van der Waals surface area contributed by atoms with Gasteiger partial charge in [0.25, 0.3) is 0 Å². The standard InChI is InChI=1S/C2HFNO2/c1-2(3)4(5)6/h1H. The van der Waals surface area contributed by atoms with Crippen LogP contribution in [0.5, 0.6) is 0 Å². The SMILES string of the molecule is [CH]=C(F)[N+](=O)[O-]. The van der Waals surface area contributed by atoms with E-state index in [2.05, 4.69) is 6.58 Å². The second-order valence-corrected chi connectivity index (χ2v) is 0.580. The van der Waals surface area contributed by atoms with Crippen molar-refractivity contribution in [2.75, 3.05) is 0 Å². The molecule has 0 saturated heterocycles. The lowest BCUT2D eigenvalue weighted by Crippen LogP contribution is -1.87. The van der Waals surface area contributed by atoms with Crippen LogP contribution in [0.2, 0.25) is 0 Å². The molecule has 0 fully saturated rings. The molecule has 0 N–H and O–H groups in total. The van der Waals surface area contributed by atoms with Crippen LogP contribution in [0.25, 0.3) is 0 Å². The second-order valence-electron chi connectivity index (χ2n) is 0.580. The first-order valence-corrected chi connectivity index (χ1v) is 1.07. The molecule has 0 aliphatic heterocycles. The van der Waals surface area contributed by atoms with Gasteiger partial charge in [-0.2, -0.15) is 0 Å². The maximum Gasteiger partial charge on any atom is 0.419 e. The van der Waals surface area contributed by atoms with Gasteiger partial charge in [-0.05, 0) is 0 Å². The maximum atomic E-state index is 10.8. The Morgan fingerprint density at radius 2 is 2.17 bits per heavy atom. The van der Waals surface area contributed by atoms with Crippen molar-refractivity contribution in [1.82, 2.24) is 0 Å². The summed E-state index contributed by atoms with van der Waals surface area (Å²) >= 11 is 0. The Labute approximate surface area is 33.2 Å². The van der Waals surface area contributed by atoms with Crippen LogP contribution in [0.15, 0.2) is 5.95 Å². The smallest absolute Gasteiger partial charge is 0.256 e. The summed E-state index contributed by atoms with van der Waals surface area (Å²) in [6.45, 7) is 3.99. The van der Waals surface area contributed by atoms with Crippen molar-refractivity contribution in [1.29, 1.82) is 0 Å². The zero-order valence-electron chi connectivity index (χ0n) is 2.72. The fourth-order valence-electron chi connectivity index (χ4n) is 0. The molecule has 0 saturated carbocycles. The highest BCUT2D eigenvalue weighted by Gasteiger charge is 1.98. The Kier molecular flexibility index (Phi) is 1.26. The van der Waals surface area contributed by atoms with Gasteiger partial charge >= 0.3 is 5.95 Å². The minimum atomic E-state index is -1.77. The molecule has 4 heteroatoms. The zero-order chi connectivity index (χ0) is 5.15. The van der Waals surface area contributed by atoms with Crippen molar-refractivity contribution >= 4 is 0 Å². The van der Waals surface area contributed by atoms with Crippen LogP contribution in [-0.4, -0.2) is 4.92 Å². The molecule has 0 amide bonds. The molecule has 0 aromatic carbocycles. The predicted octanol–water partition coefficient (Wildman–Crippen LogP) is 0.507. The third kappa shape index (κ3) is 1.40. The number of halogens is 1. The normalized spacial score (nSPS) is 7.50. The highest BCUT2D eigenvalue weighted by atomic mass is 19.1. The molecular weight excluding hydrogens is 89.0 g/mol. The third-order valence-electron chi connectivity index (χ3n) is 0.174. The van der Waals surface area contributed by atoms with Gasteiger partial charge in [-0.1, -0.05) is 0 Å². The van der Waals surface area contributed by atoms with Gasteiger partial charge in [0.05, 0.1) is 11.5 Å². The molecule has 0 rings (SSSR count). The Hall–Kier alpha value is -0.930. The summed E-state index contributed by atoms with van der Waals surface area (Å²) in [6, 6.07) is 0. The van der Waals surface area contributed by atoms with Crippen molar-refractivity contribution in [3.63, 3.8) is 0 Å². The average molecular weight is 90.0 g/mol. The van der Waals surface area contributed by atoms with Crippen LogP contribution in [-0.2, 0) is 0 Å². The van der Waals surface area contributed by atoms with Crippen LogP contribution < -0.4 is 0 Å². The molecule has 0 aromatic heterocycles. The fourth-order valence-corrected chi connectivity index (χ4v) is 0. The molecule has 33 valence electrons. The summed E-state index contributed by atoms with van der Waals surface area (Å²) in [7, 11) is 0. The van der Waals surface area contributed by atoms with E-state index < -0.39 is 10.9 Å². The van der Waals surface area contributed by atoms with Crippen molar-refractivity contribution < 1.29 is 9.31 Å². The lowest BCUT2D eigenvalue weighted by Gasteiger charge is -1.73. The summed E-state index contributed by atoms with van der Waals surface area (Å²) in [6.07, 6.45) is 0. The molecule has 0 spiro atoms. The molecule has 6 heavy (non-hydrogen) atoms. The Morgan fingerprint density at radius 1 is 2.00 bits per heavy atom. The molecule has 0 bridgehead atoms. The molecule has 3 nitrogen and oxygen atoms in total. The number of nitrogens with zero attached hydrogens (tertiary/aromatic N) is 1. The van der Waals surface area contributed by atoms with Crippen LogP contribution in [0.4, 0.5) is 4.39 Å². The number of hydrogen-bond acceptors (Lipinski definition) is 2. The van der Waals surface area contributed by atoms with E-state index in [1.165, 1.54) is 0 Å². The monoisotopic (exact) mass is 90.0 g/mol. The van der Waals surface area contributed by atoms with E-state index in [1.807, 2.05) is 0 Å². The maximum absolute atomic E-state index is 10.8. The van der Waals surface area contributed by atoms with Crippen molar-refractivity contribution in [3.8, 4) is 0 Å². The molecule has 0 aromatic rings. The van der Waals surface area contributed by atoms with Crippen molar-refractivity contribution in [2.24, 2.45) is 0 Å². The summed E-state index contributed by atoms with van der Waals surface area (Å²) < 4.78 is 10.8. The molecular formula is C2HFNO2. The first-order chi connectivity index (χ1) is 2.64. The van der Waals surface area contributed by atoms with Gasteiger partial charge in [-0.3, -0.25) is 10.1 Å². The lowest BCUT2D eigenvalue weighted by atomic mass is 11.0. The minimum Gasteiger partial charge on any atom is -0.256 e. The largest absolute Gasteiger partial charge is 0.419 e. The highest BCUT2D eigenvalue weighted by Crippen LogP contribution is 1.86. The molecule has 0 heterocycles. The number of hydrogen-bond donors (Lipinski definition) is 0. The van der Waals surface area contributed by atoms with E-state index in [9.17, 15) is 4.39 Å². The van der Waals surface area contributed by atoms with Crippen molar-refractivity contribution in [2.45, 2.75) is 0 Å². The molecule has 0 unspecified atom stereocenters. The summed E-state index contributed by atoms with van der Waals surface area (Å²) in [5.74, 6) is -1.77. The quantitative estimate of drug-likeness (QED) is 0.267.